The lowest BCUT2D eigenvalue weighted by atomic mass is 10.4. The van der Waals surface area contributed by atoms with Crippen LogP contribution in [0.3, 0.4) is 0 Å². The van der Waals surface area contributed by atoms with Gasteiger partial charge in [-0.15, -0.1) is 0 Å². The number of ketones is 1. The predicted octanol–water partition coefficient (Wildman–Crippen LogP) is -0.185. The molecule has 0 aromatic heterocycles. The standard InChI is InChI=1S/C8H14N2O2/c1-6(2)9-4-5-10-8(12)7(3)11/h9H,1,4-5H2,2-3H3,(H,10,12). The monoisotopic (exact) mass is 170 g/mol. The van der Waals surface area contributed by atoms with Gasteiger partial charge in [-0.3, -0.25) is 9.59 Å². The Morgan fingerprint density at radius 1 is 1.17 bits per heavy atom. The molecule has 0 aliphatic heterocycles. The van der Waals surface area contributed by atoms with E-state index in [2.05, 4.69) is 17.2 Å². The van der Waals surface area contributed by atoms with E-state index in [1.807, 2.05) is 6.92 Å². The zero-order chi connectivity index (χ0) is 9.56. The van der Waals surface area contributed by atoms with E-state index in [0.29, 0.717) is 13.1 Å². The summed E-state index contributed by atoms with van der Waals surface area (Å²) in [7, 11) is 0. The van der Waals surface area contributed by atoms with Crippen molar-refractivity contribution in [3.05, 3.63) is 12.3 Å². The SMILES string of the molecule is C=C(C)NCCNC(=O)C(C)=O. The molecule has 68 valence electrons. The average molecular weight is 170 g/mol. The third-order valence-corrected chi connectivity index (χ3v) is 1.16. The lowest BCUT2D eigenvalue weighted by Crippen LogP contribution is -2.34. The zero-order valence-electron chi connectivity index (χ0n) is 7.44. The van der Waals surface area contributed by atoms with Gasteiger partial charge in [-0.25, -0.2) is 0 Å². The van der Waals surface area contributed by atoms with E-state index in [1.54, 1.807) is 0 Å². The maximum atomic E-state index is 10.7. The summed E-state index contributed by atoms with van der Waals surface area (Å²) in [4.78, 5) is 21.1. The van der Waals surface area contributed by atoms with Crippen LogP contribution in [-0.4, -0.2) is 24.8 Å². The van der Waals surface area contributed by atoms with Crippen molar-refractivity contribution in [3.63, 3.8) is 0 Å². The molecule has 1 amide bonds. The van der Waals surface area contributed by atoms with Gasteiger partial charge in [0.25, 0.3) is 5.91 Å². The van der Waals surface area contributed by atoms with Crippen LogP contribution in [0.15, 0.2) is 12.3 Å². The Morgan fingerprint density at radius 2 is 1.67 bits per heavy atom. The summed E-state index contributed by atoms with van der Waals surface area (Å²) in [6.45, 7) is 7.71. The highest BCUT2D eigenvalue weighted by molar-refractivity contribution is 6.35. The number of rotatable bonds is 5. The number of nitrogens with one attached hydrogen (secondary N) is 2. The Balaban J connectivity index is 3.38. The van der Waals surface area contributed by atoms with Crippen molar-refractivity contribution in [2.45, 2.75) is 13.8 Å². The Labute approximate surface area is 72.0 Å². The van der Waals surface area contributed by atoms with Crippen LogP contribution in [0.25, 0.3) is 0 Å². The zero-order valence-corrected chi connectivity index (χ0v) is 7.44. The first kappa shape index (κ1) is 10.7. The van der Waals surface area contributed by atoms with Crippen LogP contribution >= 0.6 is 0 Å². The lowest BCUT2D eigenvalue weighted by Gasteiger charge is -2.04. The second-order valence-electron chi connectivity index (χ2n) is 2.52. The van der Waals surface area contributed by atoms with Gasteiger partial charge in [-0.05, 0) is 6.92 Å². The molecule has 0 rings (SSSR count). The van der Waals surface area contributed by atoms with Crippen molar-refractivity contribution in [3.8, 4) is 0 Å². The molecule has 0 fully saturated rings. The van der Waals surface area contributed by atoms with Gasteiger partial charge in [0.15, 0.2) is 0 Å². The number of carbonyl (C=O) groups excluding carboxylic acids is 2. The van der Waals surface area contributed by atoms with Gasteiger partial charge in [0.05, 0.1) is 0 Å². The van der Waals surface area contributed by atoms with Gasteiger partial charge >= 0.3 is 0 Å². The minimum Gasteiger partial charge on any atom is -0.387 e. The minimum absolute atomic E-state index is 0.436. The largest absolute Gasteiger partial charge is 0.387 e. The molecular formula is C8H14N2O2. The van der Waals surface area contributed by atoms with E-state index in [0.717, 1.165) is 5.70 Å². The number of hydrogen-bond donors (Lipinski definition) is 2. The van der Waals surface area contributed by atoms with E-state index in [9.17, 15) is 9.59 Å². The average Bonchev–Trinajstić information content (AvgIpc) is 1.97. The summed E-state index contributed by atoms with van der Waals surface area (Å²) in [6.07, 6.45) is 0. The Morgan fingerprint density at radius 3 is 2.08 bits per heavy atom. The summed E-state index contributed by atoms with van der Waals surface area (Å²) in [5, 5.41) is 5.36. The quantitative estimate of drug-likeness (QED) is 0.444. The fraction of sp³-hybridized carbons (Fsp3) is 0.500. The smallest absolute Gasteiger partial charge is 0.287 e. The summed E-state index contributed by atoms with van der Waals surface area (Å²) in [5.74, 6) is -1.01. The molecule has 12 heavy (non-hydrogen) atoms. The molecular weight excluding hydrogens is 156 g/mol. The van der Waals surface area contributed by atoms with Gasteiger partial charge < -0.3 is 10.6 Å². The Bertz CT molecular complexity index is 199. The van der Waals surface area contributed by atoms with Crippen molar-refractivity contribution < 1.29 is 9.59 Å². The summed E-state index contributed by atoms with van der Waals surface area (Å²) in [5.41, 5.74) is 0.840. The van der Waals surface area contributed by atoms with Crippen LogP contribution in [0.5, 0.6) is 0 Å². The van der Waals surface area contributed by atoms with E-state index in [1.165, 1.54) is 6.92 Å². The molecule has 0 spiro atoms. The topological polar surface area (TPSA) is 58.2 Å². The summed E-state index contributed by atoms with van der Waals surface area (Å²) < 4.78 is 0. The molecule has 4 nitrogen and oxygen atoms in total. The molecule has 0 aromatic carbocycles. The van der Waals surface area contributed by atoms with Crippen LogP contribution in [0, 0.1) is 0 Å². The van der Waals surface area contributed by atoms with Crippen LogP contribution in [0.1, 0.15) is 13.8 Å². The van der Waals surface area contributed by atoms with Crippen LogP contribution < -0.4 is 10.6 Å². The molecule has 0 saturated heterocycles. The number of amides is 1. The molecule has 0 heterocycles. The van der Waals surface area contributed by atoms with E-state index in [-0.39, 0.29) is 0 Å². The van der Waals surface area contributed by atoms with Crippen molar-refractivity contribution >= 4 is 11.7 Å². The first-order valence-electron chi connectivity index (χ1n) is 3.72. The number of Topliss-reactive ketones (excluding diaryl/α,β-unsaturated/α-hetero) is 1. The molecule has 0 radical (unpaired) electrons. The van der Waals surface area contributed by atoms with Gasteiger partial charge in [0.1, 0.15) is 0 Å². The molecule has 0 aliphatic carbocycles. The second-order valence-corrected chi connectivity index (χ2v) is 2.52. The van der Waals surface area contributed by atoms with E-state index < -0.39 is 11.7 Å². The van der Waals surface area contributed by atoms with Crippen molar-refractivity contribution in [1.29, 1.82) is 0 Å². The molecule has 0 aromatic rings. The number of carbonyl (C=O) groups is 2. The van der Waals surface area contributed by atoms with Gasteiger partial charge in [-0.1, -0.05) is 6.58 Å². The molecule has 4 heteroatoms. The first-order chi connectivity index (χ1) is 5.54. The molecule has 0 bridgehead atoms. The van der Waals surface area contributed by atoms with Crippen LogP contribution in [-0.2, 0) is 9.59 Å². The molecule has 0 saturated carbocycles. The molecule has 2 N–H and O–H groups in total. The highest BCUT2D eigenvalue weighted by Crippen LogP contribution is 1.75. The maximum absolute atomic E-state index is 10.7. The maximum Gasteiger partial charge on any atom is 0.287 e. The molecule has 0 atom stereocenters. The summed E-state index contributed by atoms with van der Waals surface area (Å²) >= 11 is 0. The van der Waals surface area contributed by atoms with Crippen LogP contribution in [0.4, 0.5) is 0 Å². The van der Waals surface area contributed by atoms with Crippen molar-refractivity contribution in [1.82, 2.24) is 10.6 Å². The lowest BCUT2D eigenvalue weighted by molar-refractivity contribution is -0.136. The van der Waals surface area contributed by atoms with Crippen molar-refractivity contribution in [2.24, 2.45) is 0 Å². The molecule has 0 unspecified atom stereocenters. The fourth-order valence-electron chi connectivity index (χ4n) is 0.576. The van der Waals surface area contributed by atoms with Gasteiger partial charge in [0, 0.05) is 25.7 Å². The van der Waals surface area contributed by atoms with Gasteiger partial charge in [0.2, 0.25) is 5.78 Å². The Hall–Kier alpha value is -1.32. The third kappa shape index (κ3) is 5.46. The Kier molecular flexibility index (Phi) is 4.76. The molecule has 0 aliphatic rings. The fourth-order valence-corrected chi connectivity index (χ4v) is 0.576. The highest BCUT2D eigenvalue weighted by Gasteiger charge is 2.04. The van der Waals surface area contributed by atoms with E-state index in [4.69, 9.17) is 0 Å². The normalized spacial score (nSPS) is 8.83. The van der Waals surface area contributed by atoms with Crippen LogP contribution in [0.2, 0.25) is 0 Å². The number of hydrogen-bond acceptors (Lipinski definition) is 3. The van der Waals surface area contributed by atoms with Crippen molar-refractivity contribution in [2.75, 3.05) is 13.1 Å². The minimum atomic E-state index is -0.543. The second kappa shape index (κ2) is 5.35. The predicted molar refractivity (Wildman–Crippen MR) is 46.5 cm³/mol. The first-order valence-corrected chi connectivity index (χ1v) is 3.72. The third-order valence-electron chi connectivity index (χ3n) is 1.16. The summed E-state index contributed by atoms with van der Waals surface area (Å²) in [6, 6.07) is 0. The van der Waals surface area contributed by atoms with E-state index >= 15 is 0 Å². The number of allylic oxidation sites excluding steroid dienone is 1. The van der Waals surface area contributed by atoms with Gasteiger partial charge in [-0.2, -0.15) is 0 Å². The highest BCUT2D eigenvalue weighted by atomic mass is 16.2.